The molecule has 4 nitrogen and oxygen atoms in total. The number of carbonyl (C=O) groups excluding carboxylic acids is 1. The largest absolute Gasteiger partial charge is 0.339 e. The first-order valence-electron chi connectivity index (χ1n) is 8.11. The van der Waals surface area contributed by atoms with Crippen molar-refractivity contribution in [1.82, 2.24) is 15.1 Å². The van der Waals surface area contributed by atoms with Crippen LogP contribution in [-0.4, -0.2) is 60.4 Å². The SMILES string of the molecule is Cc1ccccc1CN1CCN(C(=O)C2CC(F)(F)CN2)CC1.Cl.Cl. The van der Waals surface area contributed by atoms with Gasteiger partial charge in [-0.15, -0.1) is 24.8 Å². The Bertz CT molecular complexity index is 581. The van der Waals surface area contributed by atoms with Gasteiger partial charge in [-0.25, -0.2) is 8.78 Å². The van der Waals surface area contributed by atoms with Crippen molar-refractivity contribution in [3.8, 4) is 0 Å². The summed E-state index contributed by atoms with van der Waals surface area (Å²) in [7, 11) is 0. The van der Waals surface area contributed by atoms with E-state index in [9.17, 15) is 13.6 Å². The van der Waals surface area contributed by atoms with Crippen molar-refractivity contribution >= 4 is 30.7 Å². The Morgan fingerprint density at radius 1 is 1.20 bits per heavy atom. The molecule has 1 atom stereocenters. The Balaban J connectivity index is 0.00000156. The Morgan fingerprint density at radius 3 is 2.40 bits per heavy atom. The van der Waals surface area contributed by atoms with Crippen LogP contribution in [0.3, 0.4) is 0 Å². The topological polar surface area (TPSA) is 35.6 Å². The van der Waals surface area contributed by atoms with Crippen molar-refractivity contribution < 1.29 is 13.6 Å². The zero-order valence-electron chi connectivity index (χ0n) is 14.2. The molecule has 25 heavy (non-hydrogen) atoms. The molecule has 0 aromatic heterocycles. The molecule has 2 aliphatic heterocycles. The van der Waals surface area contributed by atoms with Gasteiger partial charge in [0.05, 0.1) is 12.6 Å². The van der Waals surface area contributed by atoms with Gasteiger partial charge in [0.1, 0.15) is 0 Å². The number of halogens is 4. The van der Waals surface area contributed by atoms with Gasteiger partial charge >= 0.3 is 0 Å². The van der Waals surface area contributed by atoms with E-state index in [1.807, 2.05) is 12.1 Å². The molecule has 142 valence electrons. The lowest BCUT2D eigenvalue weighted by molar-refractivity contribution is -0.135. The molecule has 0 aliphatic carbocycles. The van der Waals surface area contributed by atoms with E-state index in [1.54, 1.807) is 4.90 Å². The summed E-state index contributed by atoms with van der Waals surface area (Å²) in [6.45, 7) is 5.35. The molecule has 1 unspecified atom stereocenters. The molecule has 1 aromatic rings. The van der Waals surface area contributed by atoms with E-state index in [0.29, 0.717) is 13.1 Å². The maximum atomic E-state index is 13.2. The number of nitrogens with one attached hydrogen (secondary N) is 1. The summed E-state index contributed by atoms with van der Waals surface area (Å²) in [6.07, 6.45) is -0.380. The highest BCUT2D eigenvalue weighted by molar-refractivity contribution is 5.85. The van der Waals surface area contributed by atoms with Gasteiger partial charge in [0, 0.05) is 39.1 Å². The van der Waals surface area contributed by atoms with Crippen LogP contribution in [0.15, 0.2) is 24.3 Å². The van der Waals surface area contributed by atoms with Gasteiger partial charge in [-0.05, 0) is 18.1 Å². The van der Waals surface area contributed by atoms with Gasteiger partial charge in [0.25, 0.3) is 5.92 Å². The zero-order valence-corrected chi connectivity index (χ0v) is 15.8. The maximum absolute atomic E-state index is 13.2. The fraction of sp³-hybridized carbons (Fsp3) is 0.588. The van der Waals surface area contributed by atoms with E-state index in [-0.39, 0.29) is 37.1 Å². The van der Waals surface area contributed by atoms with E-state index in [0.717, 1.165) is 19.6 Å². The number of aryl methyl sites for hydroxylation is 1. The number of alkyl halides is 2. The lowest BCUT2D eigenvalue weighted by atomic mass is 10.1. The van der Waals surface area contributed by atoms with Crippen molar-refractivity contribution in [2.24, 2.45) is 0 Å². The minimum atomic E-state index is -2.76. The Hall–Kier alpha value is -0.950. The molecule has 2 aliphatic rings. The Morgan fingerprint density at radius 2 is 1.84 bits per heavy atom. The van der Waals surface area contributed by atoms with E-state index >= 15 is 0 Å². The van der Waals surface area contributed by atoms with Crippen molar-refractivity contribution in [1.29, 1.82) is 0 Å². The second kappa shape index (κ2) is 9.12. The molecule has 3 rings (SSSR count). The van der Waals surface area contributed by atoms with Gasteiger partial charge in [-0.3, -0.25) is 15.0 Å². The number of amides is 1. The van der Waals surface area contributed by atoms with Gasteiger partial charge in [-0.1, -0.05) is 24.3 Å². The lowest BCUT2D eigenvalue weighted by Crippen LogP contribution is -2.52. The van der Waals surface area contributed by atoms with E-state index in [2.05, 4.69) is 29.3 Å². The second-order valence-electron chi connectivity index (χ2n) is 6.52. The average Bonchev–Trinajstić information content (AvgIpc) is 2.90. The van der Waals surface area contributed by atoms with Crippen molar-refractivity contribution in [3.05, 3.63) is 35.4 Å². The molecule has 0 bridgehead atoms. The van der Waals surface area contributed by atoms with Crippen molar-refractivity contribution in [3.63, 3.8) is 0 Å². The second-order valence-corrected chi connectivity index (χ2v) is 6.52. The fourth-order valence-corrected chi connectivity index (χ4v) is 3.27. The summed E-state index contributed by atoms with van der Waals surface area (Å²) in [6, 6.07) is 7.56. The molecule has 1 N–H and O–H groups in total. The molecule has 2 heterocycles. The molecule has 0 saturated carbocycles. The predicted molar refractivity (Wildman–Crippen MR) is 98.9 cm³/mol. The standard InChI is InChI=1S/C17H23F2N3O.2ClH/c1-13-4-2-3-5-14(13)11-21-6-8-22(9-7-21)16(23)15-10-17(18,19)12-20-15;;/h2-5,15,20H,6-12H2,1H3;2*1H. The van der Waals surface area contributed by atoms with Crippen LogP contribution in [0, 0.1) is 6.92 Å². The summed E-state index contributed by atoms with van der Waals surface area (Å²) >= 11 is 0. The number of benzene rings is 1. The summed E-state index contributed by atoms with van der Waals surface area (Å²) in [5, 5.41) is 2.65. The highest BCUT2D eigenvalue weighted by Gasteiger charge is 2.43. The molecule has 8 heteroatoms. The van der Waals surface area contributed by atoms with E-state index in [4.69, 9.17) is 0 Å². The number of piperazine rings is 1. The summed E-state index contributed by atoms with van der Waals surface area (Å²) in [5.74, 6) is -2.94. The first kappa shape index (κ1) is 22.1. The third-order valence-electron chi connectivity index (χ3n) is 4.75. The number of carbonyl (C=O) groups is 1. The van der Waals surface area contributed by atoms with E-state index < -0.39 is 18.5 Å². The highest BCUT2D eigenvalue weighted by Crippen LogP contribution is 2.26. The molecule has 0 radical (unpaired) electrons. The molecular weight excluding hydrogens is 371 g/mol. The van der Waals surface area contributed by atoms with Gasteiger partial charge in [-0.2, -0.15) is 0 Å². The van der Waals surface area contributed by atoms with Crippen LogP contribution in [0.4, 0.5) is 8.78 Å². The third kappa shape index (κ3) is 5.51. The van der Waals surface area contributed by atoms with Crippen LogP contribution in [0.25, 0.3) is 0 Å². The van der Waals surface area contributed by atoms with Gasteiger partial charge < -0.3 is 4.90 Å². The highest BCUT2D eigenvalue weighted by atomic mass is 35.5. The molecule has 0 spiro atoms. The van der Waals surface area contributed by atoms with Gasteiger partial charge in [0.2, 0.25) is 5.91 Å². The maximum Gasteiger partial charge on any atom is 0.262 e. The fourth-order valence-electron chi connectivity index (χ4n) is 3.27. The number of hydrogen-bond donors (Lipinski definition) is 1. The summed E-state index contributed by atoms with van der Waals surface area (Å²) in [4.78, 5) is 16.3. The molecule has 1 aromatic carbocycles. The van der Waals surface area contributed by atoms with Crippen molar-refractivity contribution in [2.45, 2.75) is 31.9 Å². The first-order valence-corrected chi connectivity index (χ1v) is 8.11. The van der Waals surface area contributed by atoms with Gasteiger partial charge in [0.15, 0.2) is 0 Å². The van der Waals surface area contributed by atoms with Crippen LogP contribution in [-0.2, 0) is 11.3 Å². The third-order valence-corrected chi connectivity index (χ3v) is 4.75. The monoisotopic (exact) mass is 395 g/mol. The molecule has 1 amide bonds. The van der Waals surface area contributed by atoms with Crippen LogP contribution >= 0.6 is 24.8 Å². The Labute approximate surface area is 159 Å². The minimum Gasteiger partial charge on any atom is -0.339 e. The predicted octanol–water partition coefficient (Wildman–Crippen LogP) is 2.48. The average molecular weight is 396 g/mol. The normalized spacial score (nSPS) is 22.8. The smallest absolute Gasteiger partial charge is 0.262 e. The van der Waals surface area contributed by atoms with Crippen LogP contribution in [0.1, 0.15) is 17.5 Å². The van der Waals surface area contributed by atoms with Crippen LogP contribution in [0.2, 0.25) is 0 Å². The lowest BCUT2D eigenvalue weighted by Gasteiger charge is -2.36. The van der Waals surface area contributed by atoms with E-state index in [1.165, 1.54) is 11.1 Å². The van der Waals surface area contributed by atoms with Crippen LogP contribution in [0.5, 0.6) is 0 Å². The molecule has 2 fully saturated rings. The molecular formula is C17H25Cl2F2N3O. The number of hydrogen-bond acceptors (Lipinski definition) is 3. The summed E-state index contributed by atoms with van der Waals surface area (Å²) < 4.78 is 26.4. The number of rotatable bonds is 3. The Kier molecular flexibility index (Phi) is 8.06. The quantitative estimate of drug-likeness (QED) is 0.853. The minimum absolute atomic E-state index is 0. The van der Waals surface area contributed by atoms with Crippen LogP contribution < -0.4 is 5.32 Å². The zero-order chi connectivity index (χ0) is 16.4. The first-order chi connectivity index (χ1) is 10.9. The molecule has 2 saturated heterocycles. The number of nitrogens with zero attached hydrogens (tertiary/aromatic N) is 2. The summed E-state index contributed by atoms with van der Waals surface area (Å²) in [5.41, 5.74) is 2.56. The van der Waals surface area contributed by atoms with Crippen molar-refractivity contribution in [2.75, 3.05) is 32.7 Å².